The predicted molar refractivity (Wildman–Crippen MR) is 98.0 cm³/mol. The Morgan fingerprint density at radius 1 is 1.20 bits per heavy atom. The molecule has 0 saturated heterocycles. The molecular weight excluding hydrogens is 342 g/mol. The van der Waals surface area contributed by atoms with Crippen LogP contribution in [-0.2, 0) is 16.6 Å². The summed E-state index contributed by atoms with van der Waals surface area (Å²) in [4.78, 5) is 15.8. The van der Waals surface area contributed by atoms with Gasteiger partial charge in [-0.15, -0.1) is 0 Å². The van der Waals surface area contributed by atoms with Crippen LogP contribution in [0.2, 0.25) is 0 Å². The zero-order valence-electron chi connectivity index (χ0n) is 14.1. The van der Waals surface area contributed by atoms with Gasteiger partial charge in [-0.1, -0.05) is 6.92 Å². The predicted octanol–water partition coefficient (Wildman–Crippen LogP) is 2.25. The number of aromatic nitrogens is 2. The minimum absolute atomic E-state index is 0.0779. The van der Waals surface area contributed by atoms with Crippen LogP contribution >= 0.6 is 0 Å². The zero-order chi connectivity index (χ0) is 18.1. The van der Waals surface area contributed by atoms with Crippen molar-refractivity contribution in [2.45, 2.75) is 26.3 Å². The Bertz CT molecular complexity index is 758. The number of carbonyl (C=O) groups excluding carboxylic acids is 1. The van der Waals surface area contributed by atoms with Crippen LogP contribution in [0.15, 0.2) is 43.0 Å². The smallest absolute Gasteiger partial charge is 0.319 e. The summed E-state index contributed by atoms with van der Waals surface area (Å²) in [5, 5.41) is 5.47. The fraction of sp³-hybridized carbons (Fsp3) is 0.375. The van der Waals surface area contributed by atoms with E-state index in [0.717, 1.165) is 13.0 Å². The molecule has 3 N–H and O–H groups in total. The number of urea groups is 1. The van der Waals surface area contributed by atoms with E-state index in [2.05, 4.69) is 20.3 Å². The SMILES string of the molecule is CCCS(=O)(=O)Nc1ccc(NC(=O)NCCCn2ccnc2)cc1. The number of anilines is 2. The number of carbonyl (C=O) groups is 1. The lowest BCUT2D eigenvalue weighted by molar-refractivity contribution is 0.252. The third-order valence-electron chi connectivity index (χ3n) is 3.33. The fourth-order valence-electron chi connectivity index (χ4n) is 2.18. The highest BCUT2D eigenvalue weighted by molar-refractivity contribution is 7.92. The number of sulfonamides is 1. The van der Waals surface area contributed by atoms with Gasteiger partial charge in [0.1, 0.15) is 0 Å². The summed E-state index contributed by atoms with van der Waals surface area (Å²) < 4.78 is 27.8. The van der Waals surface area contributed by atoms with Gasteiger partial charge < -0.3 is 15.2 Å². The van der Waals surface area contributed by atoms with Crippen LogP contribution in [0.1, 0.15) is 19.8 Å². The van der Waals surface area contributed by atoms with Crippen molar-refractivity contribution in [2.75, 3.05) is 22.3 Å². The average Bonchev–Trinajstić information content (AvgIpc) is 3.06. The van der Waals surface area contributed by atoms with Gasteiger partial charge in [-0.3, -0.25) is 4.72 Å². The largest absolute Gasteiger partial charge is 0.338 e. The van der Waals surface area contributed by atoms with Crippen LogP contribution in [-0.4, -0.2) is 36.3 Å². The van der Waals surface area contributed by atoms with E-state index in [-0.39, 0.29) is 11.8 Å². The molecule has 2 aromatic rings. The molecule has 0 unspecified atom stereocenters. The molecule has 0 aliphatic carbocycles. The quantitative estimate of drug-likeness (QED) is 0.593. The van der Waals surface area contributed by atoms with Crippen molar-refractivity contribution >= 4 is 27.4 Å². The highest BCUT2D eigenvalue weighted by Gasteiger charge is 2.08. The van der Waals surface area contributed by atoms with E-state index in [1.807, 2.05) is 10.8 Å². The minimum Gasteiger partial charge on any atom is -0.338 e. The second-order valence-corrected chi connectivity index (χ2v) is 7.38. The maximum Gasteiger partial charge on any atom is 0.319 e. The lowest BCUT2D eigenvalue weighted by atomic mass is 10.3. The molecule has 0 radical (unpaired) electrons. The van der Waals surface area contributed by atoms with E-state index >= 15 is 0 Å². The molecule has 0 aliphatic heterocycles. The molecule has 2 rings (SSSR count). The molecule has 25 heavy (non-hydrogen) atoms. The van der Waals surface area contributed by atoms with Crippen molar-refractivity contribution in [3.8, 4) is 0 Å². The topological polar surface area (TPSA) is 105 Å². The summed E-state index contributed by atoms with van der Waals surface area (Å²) in [7, 11) is -3.31. The number of imidazole rings is 1. The summed E-state index contributed by atoms with van der Waals surface area (Å²) in [6.45, 7) is 3.13. The molecule has 1 heterocycles. The van der Waals surface area contributed by atoms with Crippen molar-refractivity contribution in [2.24, 2.45) is 0 Å². The molecule has 1 aromatic carbocycles. The molecule has 1 aromatic heterocycles. The second kappa shape index (κ2) is 9.07. The first-order valence-electron chi connectivity index (χ1n) is 8.09. The molecule has 0 atom stereocenters. The van der Waals surface area contributed by atoms with Gasteiger partial charge in [0, 0.05) is 36.9 Å². The Hall–Kier alpha value is -2.55. The Balaban J connectivity index is 1.73. The number of hydrogen-bond acceptors (Lipinski definition) is 4. The Morgan fingerprint density at radius 3 is 2.56 bits per heavy atom. The van der Waals surface area contributed by atoms with Gasteiger partial charge in [0.2, 0.25) is 10.0 Å². The van der Waals surface area contributed by atoms with Gasteiger partial charge in [-0.25, -0.2) is 18.2 Å². The maximum atomic E-state index is 11.8. The molecule has 0 saturated carbocycles. The lowest BCUT2D eigenvalue weighted by Crippen LogP contribution is -2.30. The lowest BCUT2D eigenvalue weighted by Gasteiger charge is -2.10. The summed E-state index contributed by atoms with van der Waals surface area (Å²) in [5.41, 5.74) is 1.06. The van der Waals surface area contributed by atoms with E-state index in [1.165, 1.54) is 0 Å². The third kappa shape index (κ3) is 6.84. The van der Waals surface area contributed by atoms with E-state index < -0.39 is 10.0 Å². The Labute approximate surface area is 147 Å². The van der Waals surface area contributed by atoms with Crippen LogP contribution < -0.4 is 15.4 Å². The van der Waals surface area contributed by atoms with Crippen molar-refractivity contribution in [1.29, 1.82) is 0 Å². The third-order valence-corrected chi connectivity index (χ3v) is 4.82. The molecule has 0 aliphatic rings. The van der Waals surface area contributed by atoms with Crippen LogP contribution in [0.3, 0.4) is 0 Å². The number of nitrogens with zero attached hydrogens (tertiary/aromatic N) is 2. The normalized spacial score (nSPS) is 11.1. The number of hydrogen-bond donors (Lipinski definition) is 3. The van der Waals surface area contributed by atoms with Gasteiger partial charge in [0.25, 0.3) is 0 Å². The molecule has 0 spiro atoms. The van der Waals surface area contributed by atoms with Crippen molar-refractivity contribution in [3.63, 3.8) is 0 Å². The Morgan fingerprint density at radius 2 is 1.92 bits per heavy atom. The summed E-state index contributed by atoms with van der Waals surface area (Å²) >= 11 is 0. The summed E-state index contributed by atoms with van der Waals surface area (Å²) in [5.74, 6) is 0.0779. The number of aryl methyl sites for hydroxylation is 1. The van der Waals surface area contributed by atoms with Crippen LogP contribution in [0.25, 0.3) is 0 Å². The van der Waals surface area contributed by atoms with E-state index in [1.54, 1.807) is 43.7 Å². The second-order valence-electron chi connectivity index (χ2n) is 5.53. The Kier molecular flexibility index (Phi) is 6.81. The number of benzene rings is 1. The summed E-state index contributed by atoms with van der Waals surface area (Å²) in [6, 6.07) is 6.22. The molecule has 0 bridgehead atoms. The van der Waals surface area contributed by atoms with Crippen LogP contribution in [0, 0.1) is 0 Å². The average molecular weight is 365 g/mol. The van der Waals surface area contributed by atoms with Gasteiger partial charge in [-0.2, -0.15) is 0 Å². The number of rotatable bonds is 9. The van der Waals surface area contributed by atoms with Crippen LogP contribution in [0.5, 0.6) is 0 Å². The van der Waals surface area contributed by atoms with E-state index in [9.17, 15) is 13.2 Å². The summed E-state index contributed by atoms with van der Waals surface area (Å²) in [6.07, 6.45) is 6.66. The van der Waals surface area contributed by atoms with Gasteiger partial charge in [-0.05, 0) is 37.1 Å². The van der Waals surface area contributed by atoms with Crippen molar-refractivity contribution < 1.29 is 13.2 Å². The van der Waals surface area contributed by atoms with Crippen molar-refractivity contribution in [3.05, 3.63) is 43.0 Å². The molecule has 8 nitrogen and oxygen atoms in total. The first-order chi connectivity index (χ1) is 12.0. The number of amides is 2. The van der Waals surface area contributed by atoms with E-state index in [4.69, 9.17) is 0 Å². The first-order valence-corrected chi connectivity index (χ1v) is 9.75. The monoisotopic (exact) mass is 365 g/mol. The zero-order valence-corrected chi connectivity index (χ0v) is 14.9. The molecule has 136 valence electrons. The number of nitrogens with one attached hydrogen (secondary N) is 3. The molecule has 2 amide bonds. The van der Waals surface area contributed by atoms with Crippen molar-refractivity contribution in [1.82, 2.24) is 14.9 Å². The standard InChI is InChI=1S/C16H23N5O3S/c1-2-12-25(23,24)20-15-6-4-14(5-7-15)19-16(22)18-8-3-10-21-11-9-17-13-21/h4-7,9,11,13,20H,2-3,8,10,12H2,1H3,(H2,18,19,22). The fourth-order valence-corrected chi connectivity index (χ4v) is 3.31. The molecule has 0 fully saturated rings. The van der Waals surface area contributed by atoms with Gasteiger partial charge in [0.05, 0.1) is 12.1 Å². The van der Waals surface area contributed by atoms with Gasteiger partial charge in [0.15, 0.2) is 0 Å². The molecular formula is C16H23N5O3S. The van der Waals surface area contributed by atoms with E-state index in [0.29, 0.717) is 24.3 Å². The first kappa shape index (κ1) is 18.8. The maximum absolute atomic E-state index is 11.8. The minimum atomic E-state index is -3.31. The van der Waals surface area contributed by atoms with Gasteiger partial charge >= 0.3 is 6.03 Å². The van der Waals surface area contributed by atoms with Crippen LogP contribution in [0.4, 0.5) is 16.2 Å². The molecule has 9 heteroatoms. The highest BCUT2D eigenvalue weighted by Crippen LogP contribution is 2.15. The highest BCUT2D eigenvalue weighted by atomic mass is 32.2.